The van der Waals surface area contributed by atoms with Gasteiger partial charge in [0.25, 0.3) is 5.91 Å². The summed E-state index contributed by atoms with van der Waals surface area (Å²) in [7, 11) is 0. The smallest absolute Gasteiger partial charge is 0.335 e. The van der Waals surface area contributed by atoms with Crippen molar-refractivity contribution in [3.05, 3.63) is 88.3 Å². The van der Waals surface area contributed by atoms with Crippen LogP contribution in [0, 0.1) is 11.6 Å². The summed E-state index contributed by atoms with van der Waals surface area (Å²) in [6.45, 7) is 4.61. The van der Waals surface area contributed by atoms with Gasteiger partial charge in [-0.2, -0.15) is 0 Å². The lowest BCUT2D eigenvalue weighted by Crippen LogP contribution is -2.38. The zero-order valence-electron chi connectivity index (χ0n) is 23.7. The lowest BCUT2D eigenvalue weighted by molar-refractivity contribution is -0.122. The molecule has 0 saturated carbocycles. The number of benzene rings is 3. The number of halogens is 2. The number of morpholine rings is 1. The number of carbonyl (C=O) groups is 2. The first kappa shape index (κ1) is 31.6. The van der Waals surface area contributed by atoms with Crippen molar-refractivity contribution >= 4 is 46.3 Å². The maximum Gasteiger partial charge on any atom is 0.335 e. The standard InChI is InChI=1S/C32H30F2N2O6S2/c33-23-5-8-27(34)25(20-23)26-18-21(2-9-28(26)42-17-13-35-11-15-40-16-12-35)19-29-30(37)36(32(43)44-29)10-1-14-41-24-6-3-22(4-7-24)31(38)39/h2-9,18-20H,1,10-17H2,(H,38,39)/b29-19-. The van der Waals surface area contributed by atoms with Crippen molar-refractivity contribution in [2.24, 2.45) is 0 Å². The van der Waals surface area contributed by atoms with Crippen molar-refractivity contribution in [1.29, 1.82) is 0 Å². The molecule has 44 heavy (non-hydrogen) atoms. The van der Waals surface area contributed by atoms with E-state index < -0.39 is 17.6 Å². The van der Waals surface area contributed by atoms with Gasteiger partial charge in [-0.15, -0.1) is 0 Å². The number of thioether (sulfide) groups is 1. The Morgan fingerprint density at radius 1 is 0.977 bits per heavy atom. The van der Waals surface area contributed by atoms with E-state index in [1.54, 1.807) is 36.4 Å². The molecule has 3 aromatic rings. The maximum atomic E-state index is 14.9. The first-order chi connectivity index (χ1) is 21.3. The molecule has 0 aliphatic carbocycles. The molecule has 0 aromatic heterocycles. The van der Waals surface area contributed by atoms with Gasteiger partial charge in [-0.1, -0.05) is 30.0 Å². The van der Waals surface area contributed by atoms with Crippen molar-refractivity contribution in [3.63, 3.8) is 0 Å². The van der Waals surface area contributed by atoms with Crippen molar-refractivity contribution in [3.8, 4) is 22.6 Å². The van der Waals surface area contributed by atoms with Crippen LogP contribution in [0.15, 0.2) is 65.6 Å². The number of hydrogen-bond donors (Lipinski definition) is 1. The lowest BCUT2D eigenvalue weighted by atomic mass is 10.0. The molecule has 0 radical (unpaired) electrons. The van der Waals surface area contributed by atoms with Gasteiger partial charge in [-0.3, -0.25) is 14.6 Å². The molecule has 230 valence electrons. The van der Waals surface area contributed by atoms with E-state index in [-0.39, 0.29) is 17.0 Å². The average molecular weight is 641 g/mol. The number of hydrogen-bond acceptors (Lipinski definition) is 8. The van der Waals surface area contributed by atoms with Gasteiger partial charge >= 0.3 is 5.97 Å². The molecule has 2 aliphatic heterocycles. The van der Waals surface area contributed by atoms with E-state index >= 15 is 0 Å². The highest BCUT2D eigenvalue weighted by molar-refractivity contribution is 8.26. The van der Waals surface area contributed by atoms with E-state index in [0.717, 1.165) is 31.3 Å². The molecule has 2 fully saturated rings. The number of carbonyl (C=O) groups excluding carboxylic acids is 1. The number of amides is 1. The van der Waals surface area contributed by atoms with Crippen LogP contribution in [0.4, 0.5) is 8.78 Å². The Balaban J connectivity index is 1.26. The summed E-state index contributed by atoms with van der Waals surface area (Å²) >= 11 is 6.62. The highest BCUT2D eigenvalue weighted by Crippen LogP contribution is 2.37. The van der Waals surface area contributed by atoms with Crippen LogP contribution in [0.1, 0.15) is 22.3 Å². The minimum Gasteiger partial charge on any atom is -0.494 e. The lowest BCUT2D eigenvalue weighted by Gasteiger charge is -2.26. The largest absolute Gasteiger partial charge is 0.494 e. The molecule has 0 spiro atoms. The second-order valence-corrected chi connectivity index (χ2v) is 11.7. The van der Waals surface area contributed by atoms with Crippen LogP contribution >= 0.6 is 24.0 Å². The van der Waals surface area contributed by atoms with Crippen molar-refractivity contribution in [1.82, 2.24) is 9.80 Å². The maximum absolute atomic E-state index is 14.9. The normalized spacial score (nSPS) is 16.5. The van der Waals surface area contributed by atoms with Crippen LogP contribution in [0.2, 0.25) is 0 Å². The van der Waals surface area contributed by atoms with Crippen LogP contribution in [-0.2, 0) is 9.53 Å². The summed E-state index contributed by atoms with van der Waals surface area (Å²) < 4.78 is 46.5. The second kappa shape index (κ2) is 14.8. The monoisotopic (exact) mass is 640 g/mol. The van der Waals surface area contributed by atoms with E-state index in [2.05, 4.69) is 4.90 Å². The summed E-state index contributed by atoms with van der Waals surface area (Å²) in [5.41, 5.74) is 1.21. The third kappa shape index (κ3) is 8.00. The highest BCUT2D eigenvalue weighted by atomic mass is 32.2. The third-order valence-electron chi connectivity index (χ3n) is 7.06. The van der Waals surface area contributed by atoms with Gasteiger partial charge in [-0.25, -0.2) is 13.6 Å². The van der Waals surface area contributed by atoms with E-state index in [4.69, 9.17) is 31.5 Å². The molecule has 8 nitrogen and oxygen atoms in total. The van der Waals surface area contributed by atoms with E-state index in [9.17, 15) is 18.4 Å². The van der Waals surface area contributed by atoms with Gasteiger partial charge in [-0.05, 0) is 72.7 Å². The first-order valence-corrected chi connectivity index (χ1v) is 15.2. The molecule has 5 rings (SSSR count). The SMILES string of the molecule is O=C(O)c1ccc(OCCCN2C(=O)/C(=C/c3ccc(OCCN4CCOCC4)c(-c4cc(F)ccc4F)c3)SC2=S)cc1. The average Bonchev–Trinajstić information content (AvgIpc) is 3.29. The van der Waals surface area contributed by atoms with Gasteiger partial charge in [0.15, 0.2) is 0 Å². The van der Waals surface area contributed by atoms with Crippen molar-refractivity contribution < 1.29 is 37.7 Å². The summed E-state index contributed by atoms with van der Waals surface area (Å²) in [6, 6.07) is 14.5. The fourth-order valence-corrected chi connectivity index (χ4v) is 6.05. The zero-order valence-corrected chi connectivity index (χ0v) is 25.3. The zero-order chi connectivity index (χ0) is 31.1. The highest BCUT2D eigenvalue weighted by Gasteiger charge is 2.31. The number of carboxylic acid groups (broad SMARTS) is 1. The molecule has 2 aliphatic rings. The molecule has 12 heteroatoms. The Morgan fingerprint density at radius 2 is 1.75 bits per heavy atom. The third-order valence-corrected chi connectivity index (χ3v) is 8.44. The molecular formula is C32H30F2N2O6S2. The van der Waals surface area contributed by atoms with Crippen LogP contribution in [0.5, 0.6) is 11.5 Å². The Kier molecular flexibility index (Phi) is 10.6. The molecule has 0 atom stereocenters. The number of aromatic carboxylic acids is 1. The van der Waals surface area contributed by atoms with Gasteiger partial charge in [0.05, 0.1) is 30.3 Å². The second-order valence-electron chi connectivity index (χ2n) is 10.0. The Bertz CT molecular complexity index is 1560. The number of thiocarbonyl (C=S) groups is 1. The molecule has 1 N–H and O–H groups in total. The van der Waals surface area contributed by atoms with Crippen molar-refractivity contribution in [2.75, 3.05) is 52.6 Å². The molecule has 2 heterocycles. The van der Waals surface area contributed by atoms with Crippen LogP contribution in [-0.4, -0.2) is 83.7 Å². The molecular weight excluding hydrogens is 610 g/mol. The summed E-state index contributed by atoms with van der Waals surface area (Å²) in [4.78, 5) is 28.3. The van der Waals surface area contributed by atoms with Crippen LogP contribution < -0.4 is 9.47 Å². The van der Waals surface area contributed by atoms with Gasteiger partial charge < -0.3 is 19.3 Å². The Hall–Kier alpha value is -3.84. The molecule has 3 aromatic carbocycles. The number of carboxylic acids is 1. The summed E-state index contributed by atoms with van der Waals surface area (Å²) in [5, 5.41) is 9.01. The molecule has 0 unspecified atom stereocenters. The molecule has 2 saturated heterocycles. The number of ether oxygens (including phenoxy) is 3. The van der Waals surface area contributed by atoms with Gasteiger partial charge in [0, 0.05) is 37.3 Å². The van der Waals surface area contributed by atoms with Gasteiger partial charge in [0.2, 0.25) is 0 Å². The minimum atomic E-state index is -1.01. The number of nitrogens with zero attached hydrogens (tertiary/aromatic N) is 2. The van der Waals surface area contributed by atoms with Crippen LogP contribution in [0.25, 0.3) is 17.2 Å². The molecule has 1 amide bonds. The Morgan fingerprint density at radius 3 is 2.50 bits per heavy atom. The first-order valence-electron chi connectivity index (χ1n) is 14.0. The van der Waals surface area contributed by atoms with E-state index in [1.165, 1.54) is 28.8 Å². The van der Waals surface area contributed by atoms with Crippen LogP contribution in [0.3, 0.4) is 0 Å². The van der Waals surface area contributed by atoms with Crippen molar-refractivity contribution in [2.45, 2.75) is 6.42 Å². The fourth-order valence-electron chi connectivity index (χ4n) is 4.74. The predicted molar refractivity (Wildman–Crippen MR) is 168 cm³/mol. The minimum absolute atomic E-state index is 0.0618. The van der Waals surface area contributed by atoms with Gasteiger partial charge in [0.1, 0.15) is 34.1 Å². The fraction of sp³-hybridized carbons (Fsp3) is 0.281. The van der Waals surface area contributed by atoms with E-state index in [0.29, 0.717) is 77.8 Å². The predicted octanol–water partition coefficient (Wildman–Crippen LogP) is 5.71. The number of rotatable bonds is 12. The topological polar surface area (TPSA) is 88.5 Å². The Labute approximate surface area is 263 Å². The summed E-state index contributed by atoms with van der Waals surface area (Å²) in [5.74, 6) is -1.50. The molecule has 0 bridgehead atoms. The summed E-state index contributed by atoms with van der Waals surface area (Å²) in [6.07, 6.45) is 2.18. The van der Waals surface area contributed by atoms with E-state index in [1.807, 2.05) is 0 Å². The quantitative estimate of drug-likeness (QED) is 0.152.